The smallest absolute Gasteiger partial charge is 0.225 e. The lowest BCUT2D eigenvalue weighted by molar-refractivity contribution is -0.0753. The van der Waals surface area contributed by atoms with Gasteiger partial charge in [0.2, 0.25) is 5.95 Å². The van der Waals surface area contributed by atoms with Crippen molar-refractivity contribution in [3.63, 3.8) is 0 Å². The van der Waals surface area contributed by atoms with Crippen molar-refractivity contribution in [2.24, 2.45) is 5.73 Å². The highest BCUT2D eigenvalue weighted by atomic mass is 16.5. The molecule has 2 heterocycles. The zero-order chi connectivity index (χ0) is 13.2. The Morgan fingerprint density at radius 1 is 1.44 bits per heavy atom. The molecule has 0 amide bonds. The highest BCUT2D eigenvalue weighted by Gasteiger charge is 2.32. The molecule has 1 atom stereocenters. The molecule has 5 nitrogen and oxygen atoms in total. The first-order valence-electron chi connectivity index (χ1n) is 6.44. The van der Waals surface area contributed by atoms with Crippen LogP contribution in [0.1, 0.15) is 26.3 Å². The Labute approximate surface area is 108 Å². The molecule has 0 saturated carbocycles. The molecule has 1 unspecified atom stereocenters. The maximum absolute atomic E-state index is 5.87. The molecule has 0 bridgehead atoms. The second-order valence-electron chi connectivity index (χ2n) is 5.50. The summed E-state index contributed by atoms with van der Waals surface area (Å²) in [6.45, 7) is 8.55. The second-order valence-corrected chi connectivity index (χ2v) is 5.50. The maximum atomic E-state index is 5.87. The number of hydrogen-bond acceptors (Lipinski definition) is 5. The van der Waals surface area contributed by atoms with Crippen LogP contribution in [0.25, 0.3) is 0 Å². The fourth-order valence-corrected chi connectivity index (χ4v) is 2.41. The summed E-state index contributed by atoms with van der Waals surface area (Å²) in [5.74, 6) is 0.777. The summed E-state index contributed by atoms with van der Waals surface area (Å²) in [6, 6.07) is 0. The summed E-state index contributed by atoms with van der Waals surface area (Å²) in [7, 11) is 0. The average molecular weight is 250 g/mol. The van der Waals surface area contributed by atoms with Crippen LogP contribution >= 0.6 is 0 Å². The zero-order valence-electron chi connectivity index (χ0n) is 11.4. The van der Waals surface area contributed by atoms with Crippen LogP contribution in [0, 0.1) is 0 Å². The lowest BCUT2D eigenvalue weighted by atomic mass is 10.1. The van der Waals surface area contributed by atoms with Gasteiger partial charge in [0.05, 0.1) is 11.7 Å². The number of rotatable bonds is 3. The largest absolute Gasteiger partial charge is 0.369 e. The molecule has 1 aliphatic rings. The van der Waals surface area contributed by atoms with Gasteiger partial charge in [0, 0.05) is 25.5 Å². The third kappa shape index (κ3) is 3.17. The summed E-state index contributed by atoms with van der Waals surface area (Å²) in [6.07, 6.45) is 4.75. The van der Waals surface area contributed by atoms with Gasteiger partial charge in [-0.1, -0.05) is 0 Å². The molecule has 2 N–H and O–H groups in total. The van der Waals surface area contributed by atoms with Crippen LogP contribution in [0.5, 0.6) is 0 Å². The molecule has 5 heteroatoms. The third-order valence-electron chi connectivity index (χ3n) is 2.98. The van der Waals surface area contributed by atoms with Gasteiger partial charge in [-0.25, -0.2) is 9.97 Å². The lowest BCUT2D eigenvalue weighted by Crippen LogP contribution is -2.52. The Balaban J connectivity index is 2.10. The summed E-state index contributed by atoms with van der Waals surface area (Å²) in [5, 5.41) is 0. The van der Waals surface area contributed by atoms with Crippen molar-refractivity contribution in [1.29, 1.82) is 0 Å². The van der Waals surface area contributed by atoms with E-state index in [0.717, 1.165) is 31.0 Å². The molecular weight excluding hydrogens is 228 g/mol. The molecule has 1 saturated heterocycles. The van der Waals surface area contributed by atoms with Gasteiger partial charge in [-0.2, -0.15) is 0 Å². The Morgan fingerprint density at radius 2 is 2.11 bits per heavy atom. The summed E-state index contributed by atoms with van der Waals surface area (Å²) in [4.78, 5) is 11.0. The predicted octanol–water partition coefficient (Wildman–Crippen LogP) is 0.981. The summed E-state index contributed by atoms with van der Waals surface area (Å²) < 4.78 is 5.87. The van der Waals surface area contributed by atoms with E-state index in [4.69, 9.17) is 10.5 Å². The van der Waals surface area contributed by atoms with Crippen LogP contribution in [-0.2, 0) is 11.2 Å². The van der Waals surface area contributed by atoms with E-state index in [1.165, 1.54) is 0 Å². The van der Waals surface area contributed by atoms with Gasteiger partial charge in [-0.15, -0.1) is 0 Å². The average Bonchev–Trinajstić information content (AvgIpc) is 2.27. The van der Waals surface area contributed by atoms with Gasteiger partial charge in [-0.05, 0) is 39.3 Å². The van der Waals surface area contributed by atoms with E-state index in [-0.39, 0.29) is 11.7 Å². The minimum atomic E-state index is -0.156. The Kier molecular flexibility index (Phi) is 3.82. The quantitative estimate of drug-likeness (QED) is 0.866. The molecule has 2 rings (SSSR count). The van der Waals surface area contributed by atoms with Crippen LogP contribution in [0.15, 0.2) is 12.4 Å². The van der Waals surface area contributed by atoms with Gasteiger partial charge >= 0.3 is 0 Å². The Morgan fingerprint density at radius 3 is 2.67 bits per heavy atom. The standard InChI is InChI=1S/C13H22N4O/c1-10-8-17(9-13(2,3)18-10)12-15-6-11(4-5-14)7-16-12/h6-7,10H,4-5,8-9,14H2,1-3H3. The van der Waals surface area contributed by atoms with Gasteiger partial charge in [0.1, 0.15) is 0 Å². The zero-order valence-corrected chi connectivity index (χ0v) is 11.4. The third-order valence-corrected chi connectivity index (χ3v) is 2.98. The lowest BCUT2D eigenvalue weighted by Gasteiger charge is -2.41. The molecule has 1 aliphatic heterocycles. The number of anilines is 1. The highest BCUT2D eigenvalue weighted by Crippen LogP contribution is 2.23. The number of morpholine rings is 1. The van der Waals surface area contributed by atoms with Crippen molar-refractivity contribution in [3.05, 3.63) is 18.0 Å². The molecule has 100 valence electrons. The first-order chi connectivity index (χ1) is 8.50. The van der Waals surface area contributed by atoms with E-state index in [1.807, 2.05) is 12.4 Å². The number of nitrogens with two attached hydrogens (primary N) is 1. The van der Waals surface area contributed by atoms with Crippen molar-refractivity contribution in [2.75, 3.05) is 24.5 Å². The van der Waals surface area contributed by atoms with Gasteiger partial charge in [-0.3, -0.25) is 0 Å². The summed E-state index contributed by atoms with van der Waals surface area (Å²) >= 11 is 0. The molecule has 18 heavy (non-hydrogen) atoms. The van der Waals surface area contributed by atoms with Crippen molar-refractivity contribution in [1.82, 2.24) is 9.97 Å². The van der Waals surface area contributed by atoms with Crippen molar-refractivity contribution in [3.8, 4) is 0 Å². The van der Waals surface area contributed by atoms with Crippen LogP contribution < -0.4 is 10.6 Å². The van der Waals surface area contributed by atoms with E-state index in [9.17, 15) is 0 Å². The maximum Gasteiger partial charge on any atom is 0.225 e. The SMILES string of the molecule is CC1CN(c2ncc(CCN)cn2)CC(C)(C)O1. The Hall–Kier alpha value is -1.20. The van der Waals surface area contributed by atoms with Gasteiger partial charge in [0.25, 0.3) is 0 Å². The molecule has 1 aromatic heterocycles. The molecule has 0 spiro atoms. The van der Waals surface area contributed by atoms with E-state index < -0.39 is 0 Å². The molecule has 0 radical (unpaired) electrons. The number of nitrogens with zero attached hydrogens (tertiary/aromatic N) is 3. The molecule has 0 aromatic carbocycles. The highest BCUT2D eigenvalue weighted by molar-refractivity contribution is 5.32. The monoisotopic (exact) mass is 250 g/mol. The van der Waals surface area contributed by atoms with E-state index in [1.54, 1.807) is 0 Å². The predicted molar refractivity (Wildman–Crippen MR) is 71.6 cm³/mol. The number of aromatic nitrogens is 2. The summed E-state index contributed by atoms with van der Waals surface area (Å²) in [5.41, 5.74) is 6.44. The van der Waals surface area contributed by atoms with E-state index in [0.29, 0.717) is 6.54 Å². The van der Waals surface area contributed by atoms with Crippen LogP contribution in [0.2, 0.25) is 0 Å². The normalized spacial score (nSPS) is 23.1. The molecular formula is C13H22N4O. The van der Waals surface area contributed by atoms with Crippen molar-refractivity contribution >= 4 is 5.95 Å². The van der Waals surface area contributed by atoms with Crippen LogP contribution in [-0.4, -0.2) is 41.3 Å². The minimum Gasteiger partial charge on any atom is -0.369 e. The first-order valence-corrected chi connectivity index (χ1v) is 6.44. The van der Waals surface area contributed by atoms with E-state index >= 15 is 0 Å². The number of ether oxygens (including phenoxy) is 1. The molecule has 1 aromatic rings. The first kappa shape index (κ1) is 13.2. The molecule has 0 aliphatic carbocycles. The van der Waals surface area contributed by atoms with Crippen molar-refractivity contribution < 1.29 is 4.74 Å². The van der Waals surface area contributed by atoms with Gasteiger partial charge in [0.15, 0.2) is 0 Å². The molecule has 1 fully saturated rings. The van der Waals surface area contributed by atoms with Crippen LogP contribution in [0.4, 0.5) is 5.95 Å². The minimum absolute atomic E-state index is 0.156. The van der Waals surface area contributed by atoms with Crippen LogP contribution in [0.3, 0.4) is 0 Å². The number of hydrogen-bond donors (Lipinski definition) is 1. The topological polar surface area (TPSA) is 64.3 Å². The second kappa shape index (κ2) is 5.20. The van der Waals surface area contributed by atoms with Crippen molar-refractivity contribution in [2.45, 2.75) is 38.9 Å². The Bertz CT molecular complexity index is 390. The van der Waals surface area contributed by atoms with E-state index in [2.05, 4.69) is 35.6 Å². The fourth-order valence-electron chi connectivity index (χ4n) is 2.41. The fraction of sp³-hybridized carbons (Fsp3) is 0.692. The van der Waals surface area contributed by atoms with Gasteiger partial charge < -0.3 is 15.4 Å².